The number of rotatable bonds is 4. The SMILES string of the molecule is C[C@H]1CN(c2ccc([N+](=O)[O-])cc2Cl)CCN1S(=O)(=O)c1ccc(Cl)c(Cl)c1. The van der Waals surface area contributed by atoms with Crippen LogP contribution in [0.1, 0.15) is 6.92 Å². The van der Waals surface area contributed by atoms with Gasteiger partial charge in [0.15, 0.2) is 0 Å². The molecule has 0 aliphatic carbocycles. The van der Waals surface area contributed by atoms with Crippen molar-refractivity contribution in [1.29, 1.82) is 0 Å². The average Bonchev–Trinajstić information content (AvgIpc) is 2.63. The van der Waals surface area contributed by atoms with Crippen molar-refractivity contribution < 1.29 is 13.3 Å². The molecular weight excluding hydrogens is 449 g/mol. The molecule has 0 bridgehead atoms. The number of nitrogens with zero attached hydrogens (tertiary/aromatic N) is 3. The maximum absolute atomic E-state index is 13.0. The predicted octanol–water partition coefficient (Wildman–Crippen LogP) is 4.45. The van der Waals surface area contributed by atoms with Gasteiger partial charge in [-0.05, 0) is 31.2 Å². The van der Waals surface area contributed by atoms with E-state index in [4.69, 9.17) is 34.8 Å². The molecule has 11 heteroatoms. The molecule has 0 radical (unpaired) electrons. The van der Waals surface area contributed by atoms with E-state index in [9.17, 15) is 18.5 Å². The van der Waals surface area contributed by atoms with Gasteiger partial charge in [0.05, 0.1) is 30.6 Å². The molecule has 2 aromatic rings. The Bertz CT molecular complexity index is 1030. The number of halogens is 3. The van der Waals surface area contributed by atoms with Crippen LogP contribution in [-0.2, 0) is 10.0 Å². The van der Waals surface area contributed by atoms with E-state index in [1.165, 1.54) is 34.6 Å². The second-order valence-electron chi connectivity index (χ2n) is 6.38. The molecule has 2 aromatic carbocycles. The normalized spacial score (nSPS) is 18.3. The van der Waals surface area contributed by atoms with Gasteiger partial charge in [-0.1, -0.05) is 34.8 Å². The van der Waals surface area contributed by atoms with E-state index < -0.39 is 14.9 Å². The predicted molar refractivity (Wildman–Crippen MR) is 110 cm³/mol. The summed E-state index contributed by atoms with van der Waals surface area (Å²) in [7, 11) is -3.74. The molecule has 1 heterocycles. The fourth-order valence-electron chi connectivity index (χ4n) is 3.16. The van der Waals surface area contributed by atoms with Crippen LogP contribution in [0.4, 0.5) is 11.4 Å². The van der Waals surface area contributed by atoms with Gasteiger partial charge in [-0.25, -0.2) is 8.42 Å². The van der Waals surface area contributed by atoms with Crippen molar-refractivity contribution in [3.05, 3.63) is 61.6 Å². The molecule has 0 spiro atoms. The number of nitro groups is 1. The molecule has 0 amide bonds. The van der Waals surface area contributed by atoms with Gasteiger partial charge in [-0.2, -0.15) is 4.31 Å². The van der Waals surface area contributed by atoms with Crippen LogP contribution in [-0.4, -0.2) is 43.3 Å². The van der Waals surface area contributed by atoms with E-state index in [0.29, 0.717) is 18.8 Å². The third kappa shape index (κ3) is 4.06. The van der Waals surface area contributed by atoms with Crippen molar-refractivity contribution in [3.8, 4) is 0 Å². The first-order valence-electron chi connectivity index (χ1n) is 8.27. The summed E-state index contributed by atoms with van der Waals surface area (Å²) in [5, 5.41) is 11.6. The van der Waals surface area contributed by atoms with Gasteiger partial charge < -0.3 is 4.90 Å². The number of hydrogen-bond acceptors (Lipinski definition) is 5. The van der Waals surface area contributed by atoms with Crippen molar-refractivity contribution in [2.75, 3.05) is 24.5 Å². The zero-order valence-electron chi connectivity index (χ0n) is 14.7. The third-order valence-corrected chi connectivity index (χ3v) is 7.60. The monoisotopic (exact) mass is 463 g/mol. The number of sulfonamides is 1. The van der Waals surface area contributed by atoms with Crippen molar-refractivity contribution >= 4 is 56.2 Å². The van der Waals surface area contributed by atoms with Gasteiger partial charge in [-0.15, -0.1) is 0 Å². The summed E-state index contributed by atoms with van der Waals surface area (Å²) in [5.74, 6) is 0. The summed E-state index contributed by atoms with van der Waals surface area (Å²) in [4.78, 5) is 12.3. The lowest BCUT2D eigenvalue weighted by atomic mass is 10.2. The fraction of sp³-hybridized carbons (Fsp3) is 0.294. The lowest BCUT2D eigenvalue weighted by Gasteiger charge is -2.40. The molecule has 1 fully saturated rings. The number of benzene rings is 2. The minimum Gasteiger partial charge on any atom is -0.367 e. The largest absolute Gasteiger partial charge is 0.367 e. The lowest BCUT2D eigenvalue weighted by Crippen LogP contribution is -2.54. The van der Waals surface area contributed by atoms with Crippen molar-refractivity contribution in [2.45, 2.75) is 17.9 Å². The summed E-state index contributed by atoms with van der Waals surface area (Å²) in [6.07, 6.45) is 0. The molecule has 0 N–H and O–H groups in total. The van der Waals surface area contributed by atoms with Gasteiger partial charge in [-0.3, -0.25) is 10.1 Å². The van der Waals surface area contributed by atoms with Crippen molar-refractivity contribution in [2.24, 2.45) is 0 Å². The highest BCUT2D eigenvalue weighted by Gasteiger charge is 2.34. The molecule has 28 heavy (non-hydrogen) atoms. The van der Waals surface area contributed by atoms with Gasteiger partial charge >= 0.3 is 0 Å². The second-order valence-corrected chi connectivity index (χ2v) is 9.49. The third-order valence-electron chi connectivity index (χ3n) is 4.55. The minimum atomic E-state index is -3.74. The number of nitro benzene ring substituents is 1. The zero-order chi connectivity index (χ0) is 20.6. The molecule has 0 aromatic heterocycles. The van der Waals surface area contributed by atoms with Gasteiger partial charge in [0.25, 0.3) is 5.69 Å². The number of hydrogen-bond donors (Lipinski definition) is 0. The van der Waals surface area contributed by atoms with Crippen LogP contribution in [0.2, 0.25) is 15.1 Å². The smallest absolute Gasteiger partial charge is 0.271 e. The first-order valence-corrected chi connectivity index (χ1v) is 10.8. The Kier molecular flexibility index (Phi) is 6.07. The Labute approximate surface area is 177 Å². The second kappa shape index (κ2) is 8.04. The summed E-state index contributed by atoms with van der Waals surface area (Å²) in [5.41, 5.74) is 0.535. The maximum Gasteiger partial charge on any atom is 0.271 e. The summed E-state index contributed by atoms with van der Waals surface area (Å²) >= 11 is 18.0. The molecule has 1 saturated heterocycles. The molecule has 1 aliphatic heterocycles. The van der Waals surface area contributed by atoms with E-state index in [-0.39, 0.29) is 38.2 Å². The highest BCUT2D eigenvalue weighted by atomic mass is 35.5. The summed E-state index contributed by atoms with van der Waals surface area (Å²) in [6.45, 7) is 2.80. The van der Waals surface area contributed by atoms with Crippen molar-refractivity contribution in [1.82, 2.24) is 4.31 Å². The first-order chi connectivity index (χ1) is 13.1. The number of piperazine rings is 1. The first kappa shape index (κ1) is 21.1. The van der Waals surface area contributed by atoms with E-state index >= 15 is 0 Å². The Morgan fingerprint density at radius 3 is 2.32 bits per heavy atom. The van der Waals surface area contributed by atoms with Gasteiger partial charge in [0, 0.05) is 37.8 Å². The molecule has 0 saturated carbocycles. The van der Waals surface area contributed by atoms with E-state index in [2.05, 4.69) is 0 Å². The number of anilines is 1. The highest BCUT2D eigenvalue weighted by molar-refractivity contribution is 7.89. The minimum absolute atomic E-state index is 0.0792. The van der Waals surface area contributed by atoms with Gasteiger partial charge in [0.1, 0.15) is 0 Å². The van der Waals surface area contributed by atoms with Crippen LogP contribution in [0.3, 0.4) is 0 Å². The molecule has 0 unspecified atom stereocenters. The number of non-ortho nitro benzene ring substituents is 1. The Hall–Kier alpha value is -1.58. The van der Waals surface area contributed by atoms with Crippen LogP contribution in [0.25, 0.3) is 0 Å². The molecule has 3 rings (SSSR count). The average molecular weight is 465 g/mol. The lowest BCUT2D eigenvalue weighted by molar-refractivity contribution is -0.384. The fourth-order valence-corrected chi connectivity index (χ4v) is 5.45. The summed E-state index contributed by atoms with van der Waals surface area (Å²) in [6, 6.07) is 8.12. The van der Waals surface area contributed by atoms with Crippen molar-refractivity contribution in [3.63, 3.8) is 0 Å². The molecular formula is C17H16Cl3N3O4S. The Balaban J connectivity index is 1.81. The van der Waals surface area contributed by atoms with Crippen LogP contribution >= 0.6 is 34.8 Å². The van der Waals surface area contributed by atoms with Crippen LogP contribution < -0.4 is 4.90 Å². The van der Waals surface area contributed by atoms with E-state index in [1.807, 2.05) is 4.90 Å². The standard InChI is InChI=1S/C17H16Cl3N3O4S/c1-11-10-21(17-5-2-12(23(24)25)8-16(17)20)6-7-22(11)28(26,27)13-3-4-14(18)15(19)9-13/h2-5,8-9,11H,6-7,10H2,1H3/t11-/m0/s1. The quantitative estimate of drug-likeness (QED) is 0.493. The molecule has 150 valence electrons. The van der Waals surface area contributed by atoms with Gasteiger partial charge in [0.2, 0.25) is 10.0 Å². The van der Waals surface area contributed by atoms with Crippen LogP contribution in [0.5, 0.6) is 0 Å². The Morgan fingerprint density at radius 1 is 1.04 bits per heavy atom. The maximum atomic E-state index is 13.0. The van der Waals surface area contributed by atoms with Crippen LogP contribution in [0.15, 0.2) is 41.3 Å². The molecule has 7 nitrogen and oxygen atoms in total. The topological polar surface area (TPSA) is 83.8 Å². The zero-order valence-corrected chi connectivity index (χ0v) is 17.8. The van der Waals surface area contributed by atoms with Crippen LogP contribution in [0, 0.1) is 10.1 Å². The Morgan fingerprint density at radius 2 is 1.75 bits per heavy atom. The van der Waals surface area contributed by atoms with E-state index in [1.54, 1.807) is 13.0 Å². The summed E-state index contributed by atoms with van der Waals surface area (Å²) < 4.78 is 27.4. The molecule has 1 aliphatic rings. The van der Waals surface area contributed by atoms with E-state index in [0.717, 1.165) is 0 Å². The molecule has 1 atom stereocenters. The highest BCUT2D eigenvalue weighted by Crippen LogP contribution is 2.33.